The summed E-state index contributed by atoms with van der Waals surface area (Å²) in [5, 5.41) is -3.44. The third-order valence-corrected chi connectivity index (χ3v) is 25.2. The molecule has 4 heterocycles. The molecule has 15 aromatic carbocycles. The first-order valence-electron chi connectivity index (χ1n) is 50.8. The van der Waals surface area contributed by atoms with Gasteiger partial charge in [-0.2, -0.15) is 0 Å². The number of ether oxygens (including phenoxy) is 1. The second-order valence-corrected chi connectivity index (χ2v) is 34.5. The Balaban J connectivity index is 0.0000131. The monoisotopic (exact) mass is 1700 g/mol. The molecule has 0 unspecified atom stereocenters. The summed E-state index contributed by atoms with van der Waals surface area (Å²) >= 11 is 0. The van der Waals surface area contributed by atoms with Gasteiger partial charge in [0.15, 0.2) is 8.07 Å². The quantitative estimate of drug-likeness (QED) is 0.0472. The summed E-state index contributed by atoms with van der Waals surface area (Å²) in [5.41, 5.74) is 5.49. The smallest absolute Gasteiger partial charge is 0.268 e. The maximum absolute atomic E-state index is 11.5. The van der Waals surface area contributed by atoms with Crippen molar-refractivity contribution in [2.45, 2.75) is 91.9 Å². The summed E-state index contributed by atoms with van der Waals surface area (Å²) in [6, 6.07) is 30.2. The fraction of sp³-hybridized carbons (Fsp3) is 0.132. The van der Waals surface area contributed by atoms with Crippen molar-refractivity contribution in [2.24, 2.45) is 0 Å². The van der Waals surface area contributed by atoms with E-state index in [-0.39, 0.29) is 94.6 Å². The average molecular weight is 1700 g/mol. The molecule has 0 amide bonds. The topological polar surface area (TPSA) is 49.0 Å². The van der Waals surface area contributed by atoms with E-state index in [9.17, 15) is 32.9 Å². The largest absolute Gasteiger partial charge is 0.519 e. The van der Waals surface area contributed by atoms with E-state index < -0.39 is 231 Å². The standard InChI is InChI=1S/C106H86N4O2Si.Pt/c1-68(2)90-60-74(72-55-53-71(54-56-72)70-33-15-11-16-34-70)61-91(69(3)4)101(90)110-96-50-29-28-49-95(96)107-104(110)75-57-76(105(5,6)7)62-78(58-75)111-79-65-94-88-47-27-30-52-99(88)112-103(94)98(66-79)108-67-109-100-92(73-35-31-42-83(59-73)113(80-36-17-12-18-37-80,81-38-19-13-20-39-81)82-40-21-14-22-41-82)63-77(106(8,9)10)64-93(100)87-46-26-24-44-85(87)84-43-23-25-45-86(84)89-48-32-51-97(108)102(89)109;/h11-57,59-65,68-69H,1-10H3;/q-2;/i12D,13D,14D,17D,18D,19D,20D,21D,22D,23D,24D,25D,26D,31D,35D,36D,37D,38D,39D,40D,41D,42D,43D,44D,45D,46D,59D;. The molecule has 0 saturated carbocycles. The molecule has 0 aliphatic carbocycles. The number of imidazole rings is 2. The van der Waals surface area contributed by atoms with Gasteiger partial charge >= 0.3 is 0 Å². The number of fused-ring (bicyclic) bond motifs is 11. The van der Waals surface area contributed by atoms with Gasteiger partial charge in [-0.05, 0) is 163 Å². The molecule has 0 saturated heterocycles. The van der Waals surface area contributed by atoms with Crippen molar-refractivity contribution in [1.82, 2.24) is 14.1 Å². The van der Waals surface area contributed by atoms with Crippen molar-refractivity contribution in [2.75, 3.05) is 0 Å². The van der Waals surface area contributed by atoms with Gasteiger partial charge in [0.1, 0.15) is 5.58 Å². The van der Waals surface area contributed by atoms with Crippen LogP contribution in [0.25, 0.3) is 139 Å². The number of hydrogen-bond donors (Lipinski definition) is 0. The number of aromatic nitrogens is 4. The number of nitrogens with zero attached hydrogens (tertiary/aromatic N) is 4. The third-order valence-electron chi connectivity index (χ3n) is 21.2. The summed E-state index contributed by atoms with van der Waals surface area (Å²) in [4.78, 5) is 5.51. The third kappa shape index (κ3) is 12.6. The van der Waals surface area contributed by atoms with Crippen molar-refractivity contribution in [3.63, 3.8) is 0 Å². The Morgan fingerprint density at radius 2 is 0.965 bits per heavy atom. The van der Waals surface area contributed by atoms with Crippen molar-refractivity contribution >= 4 is 72.8 Å². The molecule has 1 aliphatic rings. The molecule has 0 spiro atoms. The Bertz CT molecular complexity index is 8190. The predicted octanol–water partition coefficient (Wildman–Crippen LogP) is 24.5. The zero-order valence-corrected chi connectivity index (χ0v) is 66.9. The van der Waals surface area contributed by atoms with E-state index in [0.29, 0.717) is 33.3 Å². The van der Waals surface area contributed by atoms with Crippen LogP contribution in [0.4, 0.5) is 0 Å². The van der Waals surface area contributed by atoms with E-state index in [0.717, 1.165) is 50.1 Å². The molecule has 8 heteroatoms. The van der Waals surface area contributed by atoms with Gasteiger partial charge in [-0.1, -0.05) is 365 Å². The molecule has 0 atom stereocenters. The van der Waals surface area contributed by atoms with Gasteiger partial charge < -0.3 is 18.3 Å². The fourth-order valence-corrected chi connectivity index (χ4v) is 19.2. The van der Waals surface area contributed by atoms with Crippen LogP contribution in [-0.2, 0) is 31.9 Å². The maximum atomic E-state index is 11.5. The first-order chi connectivity index (χ1) is 66.1. The van der Waals surface area contributed by atoms with Crippen molar-refractivity contribution in [3.05, 3.63) is 368 Å². The molecule has 3 aromatic heterocycles. The van der Waals surface area contributed by atoms with Gasteiger partial charge in [0, 0.05) is 49.2 Å². The minimum atomic E-state index is -6.61. The van der Waals surface area contributed by atoms with E-state index in [2.05, 4.69) is 132 Å². The molecule has 558 valence electrons. The summed E-state index contributed by atoms with van der Waals surface area (Å²) in [5.74, 6) is 0.762. The number of benzene rings is 15. The molecule has 18 aromatic rings. The van der Waals surface area contributed by atoms with E-state index in [4.69, 9.17) is 18.3 Å². The van der Waals surface area contributed by atoms with Crippen LogP contribution in [0.3, 0.4) is 0 Å². The van der Waals surface area contributed by atoms with E-state index in [1.165, 1.54) is 21.3 Å². The summed E-state index contributed by atoms with van der Waals surface area (Å²) in [6.45, 7) is 20.2. The molecule has 114 heavy (non-hydrogen) atoms. The number of para-hydroxylation sites is 4. The molecular weight excluding hydrogens is 1580 g/mol. The Kier molecular flexibility index (Phi) is 12.4. The van der Waals surface area contributed by atoms with Gasteiger partial charge in [0.2, 0.25) is 0 Å². The minimum absolute atomic E-state index is 0. The molecule has 0 bridgehead atoms. The zero-order valence-electron chi connectivity index (χ0n) is 90.7. The Hall–Kier alpha value is -12.3. The van der Waals surface area contributed by atoms with Crippen LogP contribution in [0, 0.1) is 18.5 Å². The second-order valence-electron chi connectivity index (χ2n) is 31.0. The number of furan rings is 1. The van der Waals surface area contributed by atoms with Gasteiger partial charge in [0.05, 0.1) is 70.6 Å². The Morgan fingerprint density at radius 3 is 1.59 bits per heavy atom. The number of hydrogen-bond acceptors (Lipinski definition) is 3. The maximum Gasteiger partial charge on any atom is 0.268 e. The van der Waals surface area contributed by atoms with Crippen LogP contribution in [0.1, 0.15) is 140 Å². The van der Waals surface area contributed by atoms with Gasteiger partial charge in [-0.15, -0.1) is 29.3 Å². The van der Waals surface area contributed by atoms with E-state index >= 15 is 0 Å². The van der Waals surface area contributed by atoms with Crippen molar-refractivity contribution in [3.8, 4) is 107 Å². The first-order valence-corrected chi connectivity index (χ1v) is 39.3. The average Bonchev–Trinajstić information content (AvgIpc) is 1.41. The van der Waals surface area contributed by atoms with Crippen molar-refractivity contribution < 1.29 is 71.8 Å². The van der Waals surface area contributed by atoms with Gasteiger partial charge in [0.25, 0.3) is 6.33 Å². The summed E-state index contributed by atoms with van der Waals surface area (Å²) < 4.78 is 286. The summed E-state index contributed by atoms with van der Waals surface area (Å²) in [6.07, 6.45) is 3.56. The minimum Gasteiger partial charge on any atom is -0.519 e. The van der Waals surface area contributed by atoms with Crippen LogP contribution >= 0.6 is 0 Å². The van der Waals surface area contributed by atoms with Gasteiger partial charge in [-0.25, -0.2) is 0 Å². The summed E-state index contributed by atoms with van der Waals surface area (Å²) in [7, 11) is -6.61. The Labute approximate surface area is 721 Å². The van der Waals surface area contributed by atoms with Gasteiger partial charge in [-0.3, -0.25) is 9.55 Å². The molecule has 0 radical (unpaired) electrons. The normalized spacial score (nSPS) is 15.5. The molecule has 0 fully saturated rings. The van der Waals surface area contributed by atoms with Crippen LogP contribution < -0.4 is 30.1 Å². The second kappa shape index (κ2) is 29.1. The molecule has 1 aliphatic heterocycles. The SMILES string of the molecule is [2H]c1c([2H])c([2H])c([Si](c2c([2H])c([2H])c([2H])c([2H])c2[2H])(c2c([2H])c([2H])c([2H])c([2H])c2[2H])c2c([2H])c([2H])c([2H])c(-c3cc(C(C)(C)C)cc4c3-[n+]3[c-]n(-c5[c-]c(Oc6[c-]c(-c7nc8ccccc8n7-c7c(C(C)C)cc(-c8ccc(-c9ccccc9)cc8)cc7C(C)C)cc(C(C)(C)C)c6)cc6c5oc5ccccc56)c5cccc(c53)-c3c([2H])c([2H])c([2H])c([2H])c3-c3c([2H])c([2H])c([2H])c([2H])c3-4)c2[2H])c([2H])c1[2H].[Pt]. The predicted molar refractivity (Wildman–Crippen MR) is 471 cm³/mol. The molecule has 19 rings (SSSR count). The van der Waals surface area contributed by atoms with Crippen LogP contribution in [0.15, 0.2) is 331 Å². The van der Waals surface area contributed by atoms with Crippen LogP contribution in [0.5, 0.6) is 11.5 Å². The van der Waals surface area contributed by atoms with E-state index in [1.807, 2.05) is 54.6 Å². The molecule has 6 nitrogen and oxygen atoms in total. The van der Waals surface area contributed by atoms with Crippen LogP contribution in [-0.4, -0.2) is 22.2 Å². The molecule has 0 N–H and O–H groups in total. The van der Waals surface area contributed by atoms with Crippen LogP contribution in [0.2, 0.25) is 0 Å². The number of rotatable bonds is 14. The van der Waals surface area contributed by atoms with E-state index in [1.54, 1.807) is 57.2 Å². The van der Waals surface area contributed by atoms with Crippen molar-refractivity contribution in [1.29, 1.82) is 0 Å². The molecular formula is C106H86N4O2PtSi-2. The fourth-order valence-electron chi connectivity index (χ4n) is 15.6. The zero-order chi connectivity index (χ0) is 101. The first kappa shape index (κ1) is 48.6. The Morgan fingerprint density at radius 1 is 0.447 bits per heavy atom.